The van der Waals surface area contributed by atoms with Crippen LogP contribution in [-0.2, 0) is 6.54 Å². The molecule has 0 saturated heterocycles. The van der Waals surface area contributed by atoms with Gasteiger partial charge in [0, 0.05) is 23.8 Å². The first-order valence-electron chi connectivity index (χ1n) is 8.17. The van der Waals surface area contributed by atoms with E-state index in [-0.39, 0.29) is 0 Å². The Morgan fingerprint density at radius 1 is 0.960 bits per heavy atom. The first kappa shape index (κ1) is 16.7. The first-order valence-corrected chi connectivity index (χ1v) is 8.17. The Morgan fingerprint density at radius 2 is 1.68 bits per heavy atom. The quantitative estimate of drug-likeness (QED) is 0.712. The molecule has 3 rings (SSSR count). The third-order valence-electron chi connectivity index (χ3n) is 4.05. The van der Waals surface area contributed by atoms with E-state index in [4.69, 9.17) is 5.11 Å². The number of carboxylic acids is 1. The van der Waals surface area contributed by atoms with Crippen molar-refractivity contribution in [3.63, 3.8) is 0 Å². The zero-order chi connectivity index (χ0) is 17.6. The van der Waals surface area contributed by atoms with Crippen molar-refractivity contribution >= 4 is 18.1 Å². The van der Waals surface area contributed by atoms with Gasteiger partial charge in [0.15, 0.2) is 12.7 Å². The molecule has 2 aromatic carbocycles. The molecular formula is C22H20NO2+. The minimum Gasteiger partial charge on any atom is -0.478 e. The SMILES string of the molecule is Cc1ccc(/C=C/c2cccc[n+]2Cc2ccc(C(=O)O)cc2)cc1. The molecule has 0 aliphatic rings. The fourth-order valence-corrected chi connectivity index (χ4v) is 2.59. The van der Waals surface area contributed by atoms with Gasteiger partial charge in [0.1, 0.15) is 0 Å². The largest absolute Gasteiger partial charge is 0.478 e. The lowest BCUT2D eigenvalue weighted by Crippen LogP contribution is -2.36. The predicted molar refractivity (Wildman–Crippen MR) is 99.2 cm³/mol. The molecule has 0 unspecified atom stereocenters. The minimum absolute atomic E-state index is 0.307. The van der Waals surface area contributed by atoms with Gasteiger partial charge in [0.25, 0.3) is 0 Å². The molecule has 0 saturated carbocycles. The van der Waals surface area contributed by atoms with E-state index in [0.29, 0.717) is 12.1 Å². The smallest absolute Gasteiger partial charge is 0.335 e. The third kappa shape index (κ3) is 4.42. The van der Waals surface area contributed by atoms with Gasteiger partial charge in [-0.25, -0.2) is 4.79 Å². The molecule has 124 valence electrons. The molecule has 1 heterocycles. The van der Waals surface area contributed by atoms with Crippen molar-refractivity contribution in [3.05, 3.63) is 101 Å². The first-order chi connectivity index (χ1) is 12.1. The number of aromatic nitrogens is 1. The van der Waals surface area contributed by atoms with Gasteiger partial charge in [-0.15, -0.1) is 0 Å². The van der Waals surface area contributed by atoms with Crippen LogP contribution in [0.15, 0.2) is 72.9 Å². The summed E-state index contributed by atoms with van der Waals surface area (Å²) in [5.74, 6) is -0.902. The number of hydrogen-bond acceptors (Lipinski definition) is 1. The van der Waals surface area contributed by atoms with Crippen LogP contribution in [0.25, 0.3) is 12.2 Å². The lowest BCUT2D eigenvalue weighted by Gasteiger charge is -2.02. The van der Waals surface area contributed by atoms with Gasteiger partial charge >= 0.3 is 5.97 Å². The number of pyridine rings is 1. The minimum atomic E-state index is -0.902. The number of carboxylic acid groups (broad SMARTS) is 1. The molecule has 0 spiro atoms. The zero-order valence-electron chi connectivity index (χ0n) is 14.1. The number of nitrogens with zero attached hydrogens (tertiary/aromatic N) is 1. The normalized spacial score (nSPS) is 10.9. The predicted octanol–water partition coefficient (Wildman–Crippen LogP) is 4.20. The zero-order valence-corrected chi connectivity index (χ0v) is 14.1. The second kappa shape index (κ2) is 7.58. The summed E-state index contributed by atoms with van der Waals surface area (Å²) in [5.41, 5.74) is 4.86. The summed E-state index contributed by atoms with van der Waals surface area (Å²) in [7, 11) is 0. The number of aromatic carboxylic acids is 1. The molecule has 0 aliphatic carbocycles. The van der Waals surface area contributed by atoms with Gasteiger partial charge in [0.2, 0.25) is 5.69 Å². The van der Waals surface area contributed by atoms with Crippen molar-refractivity contribution < 1.29 is 14.5 Å². The van der Waals surface area contributed by atoms with Gasteiger partial charge in [-0.3, -0.25) is 0 Å². The summed E-state index contributed by atoms with van der Waals surface area (Å²) in [4.78, 5) is 11.0. The van der Waals surface area contributed by atoms with Crippen LogP contribution in [0.4, 0.5) is 0 Å². The summed E-state index contributed by atoms with van der Waals surface area (Å²) in [6, 6.07) is 21.5. The van der Waals surface area contributed by atoms with Crippen molar-refractivity contribution in [2.45, 2.75) is 13.5 Å². The van der Waals surface area contributed by atoms with Crippen LogP contribution in [0.1, 0.15) is 32.7 Å². The molecule has 25 heavy (non-hydrogen) atoms. The maximum absolute atomic E-state index is 11.0. The van der Waals surface area contributed by atoms with Gasteiger partial charge in [-0.05, 0) is 36.8 Å². The van der Waals surface area contributed by atoms with E-state index in [1.807, 2.05) is 30.5 Å². The number of aryl methyl sites for hydroxylation is 1. The molecule has 0 radical (unpaired) electrons. The van der Waals surface area contributed by atoms with Crippen LogP contribution in [-0.4, -0.2) is 11.1 Å². The second-order valence-electron chi connectivity index (χ2n) is 6.00. The highest BCUT2D eigenvalue weighted by Crippen LogP contribution is 2.09. The third-order valence-corrected chi connectivity index (χ3v) is 4.05. The molecule has 3 heteroatoms. The van der Waals surface area contributed by atoms with Gasteiger partial charge < -0.3 is 5.11 Å². The van der Waals surface area contributed by atoms with E-state index < -0.39 is 5.97 Å². The molecule has 0 fully saturated rings. The Morgan fingerprint density at radius 3 is 2.36 bits per heavy atom. The van der Waals surface area contributed by atoms with Crippen molar-refractivity contribution in [3.8, 4) is 0 Å². The van der Waals surface area contributed by atoms with Gasteiger partial charge in [0.05, 0.1) is 5.56 Å². The van der Waals surface area contributed by atoms with Crippen molar-refractivity contribution in [2.75, 3.05) is 0 Å². The number of benzene rings is 2. The Hall–Kier alpha value is -3.20. The highest BCUT2D eigenvalue weighted by molar-refractivity contribution is 5.87. The summed E-state index contributed by atoms with van der Waals surface area (Å²) in [5, 5.41) is 8.99. The van der Waals surface area contributed by atoms with Crippen molar-refractivity contribution in [1.82, 2.24) is 0 Å². The topological polar surface area (TPSA) is 41.2 Å². The van der Waals surface area contributed by atoms with E-state index in [1.54, 1.807) is 12.1 Å². The number of hydrogen-bond donors (Lipinski definition) is 1. The van der Waals surface area contributed by atoms with E-state index >= 15 is 0 Å². The standard InChI is InChI=1S/C22H19NO2/c1-17-5-7-18(8-6-17)11-14-21-4-2-3-15-23(21)16-19-9-12-20(13-10-19)22(24)25/h2-15H,16H2,1H3/p+1/b14-11+. The number of rotatable bonds is 5. The van der Waals surface area contributed by atoms with E-state index in [9.17, 15) is 4.79 Å². The van der Waals surface area contributed by atoms with Crippen LogP contribution >= 0.6 is 0 Å². The lowest BCUT2D eigenvalue weighted by molar-refractivity contribution is -0.690. The summed E-state index contributed by atoms with van der Waals surface area (Å²) in [6.07, 6.45) is 6.22. The fourth-order valence-electron chi connectivity index (χ4n) is 2.59. The molecule has 3 nitrogen and oxygen atoms in total. The maximum Gasteiger partial charge on any atom is 0.335 e. The van der Waals surface area contributed by atoms with Crippen LogP contribution in [0, 0.1) is 6.92 Å². The number of carbonyl (C=O) groups is 1. The summed E-state index contributed by atoms with van der Waals surface area (Å²) < 4.78 is 2.14. The molecular weight excluding hydrogens is 310 g/mol. The fraction of sp³-hybridized carbons (Fsp3) is 0.0909. The molecule has 0 atom stereocenters. The Bertz CT molecular complexity index is 894. The average Bonchev–Trinajstić information content (AvgIpc) is 2.63. The Labute approximate surface area is 147 Å². The average molecular weight is 330 g/mol. The second-order valence-corrected chi connectivity index (χ2v) is 6.00. The van der Waals surface area contributed by atoms with E-state index in [2.05, 4.69) is 54.0 Å². The molecule has 1 N–H and O–H groups in total. The van der Waals surface area contributed by atoms with Crippen molar-refractivity contribution in [1.29, 1.82) is 0 Å². The van der Waals surface area contributed by atoms with Crippen LogP contribution in [0.2, 0.25) is 0 Å². The summed E-state index contributed by atoms with van der Waals surface area (Å²) in [6.45, 7) is 2.77. The van der Waals surface area contributed by atoms with Gasteiger partial charge in [-0.1, -0.05) is 42.0 Å². The molecule has 0 bridgehead atoms. The van der Waals surface area contributed by atoms with Crippen LogP contribution in [0.5, 0.6) is 0 Å². The maximum atomic E-state index is 11.0. The Balaban J connectivity index is 1.80. The molecule has 1 aromatic heterocycles. The summed E-state index contributed by atoms with van der Waals surface area (Å²) >= 11 is 0. The lowest BCUT2D eigenvalue weighted by atomic mass is 10.1. The van der Waals surface area contributed by atoms with Gasteiger partial charge in [-0.2, -0.15) is 4.57 Å². The highest BCUT2D eigenvalue weighted by atomic mass is 16.4. The van der Waals surface area contributed by atoms with Crippen LogP contribution in [0.3, 0.4) is 0 Å². The molecule has 0 aliphatic heterocycles. The molecule has 3 aromatic rings. The van der Waals surface area contributed by atoms with E-state index in [0.717, 1.165) is 16.8 Å². The van der Waals surface area contributed by atoms with E-state index in [1.165, 1.54) is 5.56 Å². The monoisotopic (exact) mass is 330 g/mol. The molecule has 0 amide bonds. The highest BCUT2D eigenvalue weighted by Gasteiger charge is 2.09. The Kier molecular flexibility index (Phi) is 5.05. The van der Waals surface area contributed by atoms with Crippen molar-refractivity contribution in [2.24, 2.45) is 0 Å². The van der Waals surface area contributed by atoms with Crippen LogP contribution < -0.4 is 4.57 Å².